The molecule has 0 bridgehead atoms. The highest BCUT2D eigenvalue weighted by molar-refractivity contribution is 7.89. The highest BCUT2D eigenvalue weighted by atomic mass is 32.2. The molecule has 1 aromatic rings. The van der Waals surface area contributed by atoms with Crippen LogP contribution in [-0.4, -0.2) is 48.5 Å². The van der Waals surface area contributed by atoms with Gasteiger partial charge in [-0.2, -0.15) is 0 Å². The van der Waals surface area contributed by atoms with Crippen molar-refractivity contribution in [2.24, 2.45) is 5.92 Å². The van der Waals surface area contributed by atoms with Gasteiger partial charge in [-0.1, -0.05) is 6.07 Å². The molecule has 2 N–H and O–H groups in total. The van der Waals surface area contributed by atoms with Crippen molar-refractivity contribution in [3.63, 3.8) is 0 Å². The first-order chi connectivity index (χ1) is 11.7. The molecule has 0 atom stereocenters. The van der Waals surface area contributed by atoms with Crippen LogP contribution in [0.1, 0.15) is 41.3 Å². The molecule has 25 heavy (non-hydrogen) atoms. The summed E-state index contributed by atoms with van der Waals surface area (Å²) in [5, 5.41) is 12.0. The number of amides is 1. The lowest BCUT2D eigenvalue weighted by atomic mass is 9.96. The van der Waals surface area contributed by atoms with Gasteiger partial charge in [-0.25, -0.2) is 17.5 Å². The molecule has 0 unspecified atom stereocenters. The van der Waals surface area contributed by atoms with Gasteiger partial charge in [0.15, 0.2) is 0 Å². The molecule has 0 spiro atoms. The van der Waals surface area contributed by atoms with Crippen molar-refractivity contribution in [3.05, 3.63) is 28.8 Å². The van der Waals surface area contributed by atoms with E-state index in [-0.39, 0.29) is 23.1 Å². The van der Waals surface area contributed by atoms with Crippen molar-refractivity contribution in [2.45, 2.75) is 33.6 Å². The monoisotopic (exact) mass is 368 g/mol. The van der Waals surface area contributed by atoms with Gasteiger partial charge < -0.3 is 10.4 Å². The van der Waals surface area contributed by atoms with Gasteiger partial charge in [0.1, 0.15) is 0 Å². The number of rotatable bonds is 5. The summed E-state index contributed by atoms with van der Waals surface area (Å²) in [5.74, 6) is -1.45. The minimum Gasteiger partial charge on any atom is -0.478 e. The van der Waals surface area contributed by atoms with Gasteiger partial charge in [0.25, 0.3) is 0 Å². The fourth-order valence-corrected chi connectivity index (χ4v) is 4.16. The Morgan fingerprint density at radius 2 is 1.80 bits per heavy atom. The third kappa shape index (κ3) is 4.38. The van der Waals surface area contributed by atoms with Gasteiger partial charge in [0.2, 0.25) is 15.9 Å². The van der Waals surface area contributed by atoms with Crippen molar-refractivity contribution in [1.29, 1.82) is 0 Å². The van der Waals surface area contributed by atoms with Crippen LogP contribution in [0.4, 0.5) is 5.69 Å². The van der Waals surface area contributed by atoms with Crippen LogP contribution in [0.3, 0.4) is 0 Å². The zero-order valence-corrected chi connectivity index (χ0v) is 15.5. The number of nitrogens with zero attached hydrogens (tertiary/aromatic N) is 1. The molecule has 1 aliphatic rings. The number of aromatic carboxylic acids is 1. The summed E-state index contributed by atoms with van der Waals surface area (Å²) < 4.78 is 25.2. The number of hydrogen-bond donors (Lipinski definition) is 2. The summed E-state index contributed by atoms with van der Waals surface area (Å²) in [7, 11) is -3.22. The van der Waals surface area contributed by atoms with Crippen LogP contribution >= 0.6 is 0 Å². The van der Waals surface area contributed by atoms with Crippen LogP contribution in [0.15, 0.2) is 12.1 Å². The van der Waals surface area contributed by atoms with E-state index in [9.17, 15) is 23.1 Å². The Labute approximate surface area is 148 Å². The standard InChI is InChI=1S/C17H24N2O5S/c1-4-25(23,24)19-7-5-13(6-8-19)16(20)18-15-10-14(17(21)22)11(2)9-12(15)3/h9-10,13H,4-8H2,1-3H3,(H,18,20)(H,21,22). The predicted molar refractivity (Wildman–Crippen MR) is 95.3 cm³/mol. The van der Waals surface area contributed by atoms with Crippen LogP contribution < -0.4 is 5.32 Å². The molecule has 2 rings (SSSR count). The topological polar surface area (TPSA) is 104 Å². The number of carbonyl (C=O) groups is 2. The number of anilines is 1. The highest BCUT2D eigenvalue weighted by Crippen LogP contribution is 2.25. The van der Waals surface area contributed by atoms with Gasteiger partial charge in [0.05, 0.1) is 11.3 Å². The zero-order chi connectivity index (χ0) is 18.8. The fourth-order valence-electron chi connectivity index (χ4n) is 3.03. The number of hydrogen-bond acceptors (Lipinski definition) is 4. The fraction of sp³-hybridized carbons (Fsp3) is 0.529. The number of aryl methyl sites for hydroxylation is 2. The molecule has 0 aliphatic carbocycles. The first kappa shape index (κ1) is 19.4. The van der Waals surface area contributed by atoms with Crippen molar-refractivity contribution >= 4 is 27.6 Å². The Hall–Kier alpha value is -1.93. The third-order valence-electron chi connectivity index (χ3n) is 4.64. The Kier molecular flexibility index (Phi) is 5.84. The number of sulfonamides is 1. The lowest BCUT2D eigenvalue weighted by Crippen LogP contribution is -2.42. The van der Waals surface area contributed by atoms with Crippen molar-refractivity contribution in [2.75, 3.05) is 24.2 Å². The van der Waals surface area contributed by atoms with Gasteiger partial charge in [0, 0.05) is 24.7 Å². The third-order valence-corrected chi connectivity index (χ3v) is 6.52. The molecule has 0 radical (unpaired) electrons. The Bertz CT molecular complexity index is 780. The first-order valence-electron chi connectivity index (χ1n) is 8.29. The summed E-state index contributed by atoms with van der Waals surface area (Å²) in [6.45, 7) is 5.80. The summed E-state index contributed by atoms with van der Waals surface area (Å²) in [6, 6.07) is 3.21. The van der Waals surface area contributed by atoms with Crippen LogP contribution in [0, 0.1) is 19.8 Å². The molecular formula is C17H24N2O5S. The first-order valence-corrected chi connectivity index (χ1v) is 9.90. The summed E-state index contributed by atoms with van der Waals surface area (Å²) in [5.41, 5.74) is 2.07. The maximum Gasteiger partial charge on any atom is 0.336 e. The minimum absolute atomic E-state index is 0.0599. The number of piperidine rings is 1. The molecular weight excluding hydrogens is 344 g/mol. The molecule has 1 heterocycles. The molecule has 1 saturated heterocycles. The van der Waals surface area contributed by atoms with Crippen LogP contribution in [0.25, 0.3) is 0 Å². The SMILES string of the molecule is CCS(=O)(=O)N1CCC(C(=O)Nc2cc(C(=O)O)c(C)cc2C)CC1. The Balaban J connectivity index is 2.07. The van der Waals surface area contributed by atoms with Gasteiger partial charge in [-0.15, -0.1) is 0 Å². The van der Waals surface area contributed by atoms with Gasteiger partial charge >= 0.3 is 5.97 Å². The van der Waals surface area contributed by atoms with Crippen molar-refractivity contribution < 1.29 is 23.1 Å². The molecule has 1 aliphatic heterocycles. The highest BCUT2D eigenvalue weighted by Gasteiger charge is 2.30. The largest absolute Gasteiger partial charge is 0.478 e. The van der Waals surface area contributed by atoms with E-state index in [0.717, 1.165) is 5.56 Å². The average molecular weight is 368 g/mol. The molecule has 1 amide bonds. The average Bonchev–Trinajstić information content (AvgIpc) is 2.57. The van der Waals surface area contributed by atoms with Gasteiger partial charge in [-0.05, 0) is 50.8 Å². The van der Waals surface area contributed by atoms with Crippen LogP contribution in [-0.2, 0) is 14.8 Å². The second kappa shape index (κ2) is 7.53. The normalized spacial score (nSPS) is 16.6. The molecule has 1 aromatic carbocycles. The predicted octanol–water partition coefficient (Wildman–Crippen LogP) is 2.00. The Morgan fingerprint density at radius 3 is 2.32 bits per heavy atom. The van der Waals surface area contributed by atoms with E-state index in [0.29, 0.717) is 37.2 Å². The second-order valence-electron chi connectivity index (χ2n) is 6.35. The zero-order valence-electron chi connectivity index (χ0n) is 14.7. The van der Waals surface area contributed by atoms with Crippen molar-refractivity contribution in [3.8, 4) is 0 Å². The van der Waals surface area contributed by atoms with Crippen LogP contribution in [0.2, 0.25) is 0 Å². The number of carbonyl (C=O) groups excluding carboxylic acids is 1. The van der Waals surface area contributed by atoms with Crippen molar-refractivity contribution in [1.82, 2.24) is 4.31 Å². The van der Waals surface area contributed by atoms with Crippen LogP contribution in [0.5, 0.6) is 0 Å². The number of benzene rings is 1. The minimum atomic E-state index is -3.22. The van der Waals surface area contributed by atoms with E-state index < -0.39 is 16.0 Å². The van der Waals surface area contributed by atoms with E-state index in [1.807, 2.05) is 6.92 Å². The second-order valence-corrected chi connectivity index (χ2v) is 8.61. The van der Waals surface area contributed by atoms with E-state index in [1.165, 1.54) is 10.4 Å². The van der Waals surface area contributed by atoms with E-state index in [4.69, 9.17) is 0 Å². The molecule has 7 nitrogen and oxygen atoms in total. The quantitative estimate of drug-likeness (QED) is 0.827. The van der Waals surface area contributed by atoms with E-state index in [2.05, 4.69) is 5.32 Å². The number of nitrogens with one attached hydrogen (secondary N) is 1. The summed E-state index contributed by atoms with van der Waals surface area (Å²) in [6.07, 6.45) is 0.920. The number of carboxylic acid groups (broad SMARTS) is 1. The Morgan fingerprint density at radius 1 is 1.20 bits per heavy atom. The van der Waals surface area contributed by atoms with E-state index in [1.54, 1.807) is 19.9 Å². The molecule has 0 saturated carbocycles. The van der Waals surface area contributed by atoms with Gasteiger partial charge in [-0.3, -0.25) is 4.79 Å². The summed E-state index contributed by atoms with van der Waals surface area (Å²) in [4.78, 5) is 23.7. The maximum absolute atomic E-state index is 12.5. The lowest BCUT2D eigenvalue weighted by Gasteiger charge is -2.30. The molecule has 138 valence electrons. The maximum atomic E-state index is 12.5. The lowest BCUT2D eigenvalue weighted by molar-refractivity contribution is -0.120. The molecule has 0 aromatic heterocycles. The number of carboxylic acids is 1. The molecule has 8 heteroatoms. The summed E-state index contributed by atoms with van der Waals surface area (Å²) >= 11 is 0. The smallest absolute Gasteiger partial charge is 0.336 e. The van der Waals surface area contributed by atoms with E-state index >= 15 is 0 Å². The molecule has 1 fully saturated rings.